The van der Waals surface area contributed by atoms with Gasteiger partial charge in [-0.3, -0.25) is 0 Å². The number of imide groups is 1. The van der Waals surface area contributed by atoms with E-state index in [1.54, 1.807) is 46.4 Å². The van der Waals surface area contributed by atoms with Crippen LogP contribution in [0, 0.1) is 30.4 Å². The Morgan fingerprint density at radius 2 is 1.58 bits per heavy atom. The van der Waals surface area contributed by atoms with Gasteiger partial charge < -0.3 is 29.3 Å². The number of carbonyl (C=O) groups is 3. The average Bonchev–Trinajstić information content (AvgIpc) is 3.14. The van der Waals surface area contributed by atoms with Gasteiger partial charge in [0.25, 0.3) is 0 Å². The predicted octanol–water partition coefficient (Wildman–Crippen LogP) is 8.02. The number of piperazine rings is 1. The summed E-state index contributed by atoms with van der Waals surface area (Å²) in [5, 5.41) is 9.95. The zero-order chi connectivity index (χ0) is 43.5. The number of halogens is 2. The summed E-state index contributed by atoms with van der Waals surface area (Å²) in [6.07, 6.45) is -2.13. The number of hydrogen-bond acceptors (Lipinski definition) is 10. The van der Waals surface area contributed by atoms with Crippen LogP contribution in [0.4, 0.5) is 34.7 Å². The number of hydrogen-bond donors (Lipinski definition) is 1. The van der Waals surface area contributed by atoms with Gasteiger partial charge >= 0.3 is 24.0 Å². The first kappa shape index (κ1) is 44.5. The van der Waals surface area contributed by atoms with Crippen LogP contribution in [0.2, 0.25) is 0 Å². The van der Waals surface area contributed by atoms with Crippen LogP contribution in [0.15, 0.2) is 41.2 Å². The number of fused-ring (bicyclic) bond motifs is 1. The van der Waals surface area contributed by atoms with E-state index in [2.05, 4.69) is 4.98 Å². The molecule has 1 aliphatic heterocycles. The van der Waals surface area contributed by atoms with E-state index in [0.29, 0.717) is 29.1 Å². The van der Waals surface area contributed by atoms with Gasteiger partial charge in [0.15, 0.2) is 11.5 Å². The molecule has 16 heteroatoms. The Morgan fingerprint density at radius 3 is 2.15 bits per heavy atom. The first-order valence-electron chi connectivity index (χ1n) is 19.9. The highest BCUT2D eigenvalue weighted by Crippen LogP contribution is 2.39. The molecule has 3 amide bonds. The van der Waals surface area contributed by atoms with Crippen molar-refractivity contribution in [1.82, 2.24) is 24.3 Å². The molecular weight excluding hydrogens is 765 g/mol. The van der Waals surface area contributed by atoms with Gasteiger partial charge in [-0.25, -0.2) is 37.5 Å². The highest BCUT2D eigenvalue weighted by Gasteiger charge is 2.36. The lowest BCUT2D eigenvalue weighted by Gasteiger charge is -2.43. The molecular formula is C43H55F2N7O7. The summed E-state index contributed by atoms with van der Waals surface area (Å²) in [6.45, 7) is 15.3. The summed E-state index contributed by atoms with van der Waals surface area (Å²) >= 11 is 0. The SMILES string of the molecule is CCCc1cc(CN(C)C)cc(C)c1-n1c(=O)nc(N2C[C@@H](C)N(C(=O)O)C[C@@H]2C)c2cc(F)c(-c3c(F)cccc3N(C(=O)OCC(C)C)C(=O)OCC(C)C)nc21. The maximum atomic E-state index is 17.0. The standard InChI is InChI=1S/C43H55F2N7O7/c1-11-13-30-17-29(21-48(9)10)16-26(6)37(30)52-39-31(38(47-40(52)53)49-19-28(8)50(41(54)55)20-27(49)7)18-33(45)36(46-39)35-32(44)14-12-15-34(35)51(42(56)58-22-24(2)3)43(57)59-23-25(4)5/h12,14-18,24-25,27-28H,11,13,19-23H2,1-10H3,(H,54,55)/t27-,28+/m0/s1. The molecule has 3 heterocycles. The maximum absolute atomic E-state index is 17.0. The van der Waals surface area contributed by atoms with Crippen LogP contribution in [0.1, 0.15) is 71.6 Å². The Bertz CT molecular complexity index is 2260. The topological polar surface area (TPSA) is 151 Å². The highest BCUT2D eigenvalue weighted by atomic mass is 19.1. The van der Waals surface area contributed by atoms with Gasteiger partial charge in [0.05, 0.1) is 35.5 Å². The van der Waals surface area contributed by atoms with Crippen LogP contribution < -0.4 is 15.5 Å². The molecule has 5 rings (SSSR count). The van der Waals surface area contributed by atoms with Gasteiger partial charge in [-0.15, -0.1) is 0 Å². The highest BCUT2D eigenvalue weighted by molar-refractivity contribution is 6.12. The Kier molecular flexibility index (Phi) is 14.0. The zero-order valence-electron chi connectivity index (χ0n) is 35.5. The molecule has 14 nitrogen and oxygen atoms in total. The third-order valence-corrected chi connectivity index (χ3v) is 9.90. The number of aryl methyl sites for hydroxylation is 2. The van der Waals surface area contributed by atoms with E-state index < -0.39 is 58.9 Å². The molecule has 0 aliphatic carbocycles. The van der Waals surface area contributed by atoms with Gasteiger partial charge in [0, 0.05) is 31.7 Å². The fourth-order valence-electron chi connectivity index (χ4n) is 7.37. The molecule has 59 heavy (non-hydrogen) atoms. The van der Waals surface area contributed by atoms with Crippen molar-refractivity contribution in [3.63, 3.8) is 0 Å². The monoisotopic (exact) mass is 819 g/mol. The second kappa shape index (κ2) is 18.5. The molecule has 1 saturated heterocycles. The number of aromatic nitrogens is 3. The van der Waals surface area contributed by atoms with E-state index in [-0.39, 0.29) is 60.7 Å². The first-order chi connectivity index (χ1) is 27.8. The van der Waals surface area contributed by atoms with Crippen LogP contribution in [0.25, 0.3) is 28.0 Å². The molecule has 0 spiro atoms. The fraction of sp³-hybridized carbons (Fsp3) is 0.488. The van der Waals surface area contributed by atoms with Crippen molar-refractivity contribution in [3.8, 4) is 16.9 Å². The van der Waals surface area contributed by atoms with Crippen molar-refractivity contribution in [2.75, 3.05) is 50.2 Å². The average molecular weight is 820 g/mol. The Balaban J connectivity index is 1.86. The third kappa shape index (κ3) is 9.64. The van der Waals surface area contributed by atoms with Gasteiger partial charge in [-0.2, -0.15) is 9.88 Å². The van der Waals surface area contributed by atoms with Crippen molar-refractivity contribution in [3.05, 3.63) is 75.2 Å². The van der Waals surface area contributed by atoms with Crippen LogP contribution >= 0.6 is 0 Å². The fourth-order valence-corrected chi connectivity index (χ4v) is 7.37. The van der Waals surface area contributed by atoms with Gasteiger partial charge in [-0.05, 0) is 88.0 Å². The Labute approximate surface area is 343 Å². The number of carbonyl (C=O) groups excluding carboxylic acids is 2. The van der Waals surface area contributed by atoms with E-state index in [9.17, 15) is 24.3 Å². The number of amides is 3. The van der Waals surface area contributed by atoms with E-state index in [0.717, 1.165) is 29.7 Å². The van der Waals surface area contributed by atoms with Crippen molar-refractivity contribution in [2.24, 2.45) is 11.8 Å². The molecule has 0 saturated carbocycles. The largest absolute Gasteiger partial charge is 0.465 e. The predicted molar refractivity (Wildman–Crippen MR) is 222 cm³/mol. The lowest BCUT2D eigenvalue weighted by atomic mass is 9.99. The molecule has 0 bridgehead atoms. The molecule has 1 N–H and O–H groups in total. The summed E-state index contributed by atoms with van der Waals surface area (Å²) in [4.78, 5) is 68.8. The summed E-state index contributed by atoms with van der Waals surface area (Å²) < 4.78 is 45.6. The summed E-state index contributed by atoms with van der Waals surface area (Å²) in [7, 11) is 3.90. The number of rotatable bonds is 12. The van der Waals surface area contributed by atoms with Crippen molar-refractivity contribution in [1.29, 1.82) is 0 Å². The second-order valence-corrected chi connectivity index (χ2v) is 16.3. The minimum Gasteiger partial charge on any atom is -0.465 e. The van der Waals surface area contributed by atoms with E-state index >= 15 is 8.78 Å². The number of anilines is 2. The zero-order valence-corrected chi connectivity index (χ0v) is 35.5. The van der Waals surface area contributed by atoms with Gasteiger partial charge in [0.1, 0.15) is 17.3 Å². The lowest BCUT2D eigenvalue weighted by molar-refractivity contribution is 0.114. The molecule has 1 fully saturated rings. The summed E-state index contributed by atoms with van der Waals surface area (Å²) in [6, 6.07) is 7.65. The number of benzene rings is 2. The smallest absolute Gasteiger partial charge is 0.424 e. The molecule has 1 aliphatic rings. The van der Waals surface area contributed by atoms with Crippen LogP contribution in [0.5, 0.6) is 0 Å². The van der Waals surface area contributed by atoms with E-state index in [4.69, 9.17) is 14.5 Å². The summed E-state index contributed by atoms with van der Waals surface area (Å²) in [5.74, 6) is -2.21. The van der Waals surface area contributed by atoms with Crippen LogP contribution in [0.3, 0.4) is 0 Å². The molecule has 0 unspecified atom stereocenters. The minimum atomic E-state index is -1.16. The lowest BCUT2D eigenvalue weighted by Crippen LogP contribution is -2.58. The van der Waals surface area contributed by atoms with E-state index in [1.807, 2.05) is 45.0 Å². The molecule has 2 atom stereocenters. The van der Waals surface area contributed by atoms with Crippen molar-refractivity contribution < 1.29 is 37.7 Å². The number of ether oxygens (including phenoxy) is 2. The Morgan fingerprint density at radius 1 is 0.932 bits per heavy atom. The number of nitrogens with zero attached hydrogens (tertiary/aromatic N) is 7. The van der Waals surface area contributed by atoms with Crippen LogP contribution in [-0.2, 0) is 22.4 Å². The quantitative estimate of drug-likeness (QED) is 0.148. The van der Waals surface area contributed by atoms with E-state index in [1.165, 1.54) is 21.6 Å². The second-order valence-electron chi connectivity index (χ2n) is 16.3. The molecule has 0 radical (unpaired) electrons. The van der Waals surface area contributed by atoms with Crippen molar-refractivity contribution >= 4 is 40.8 Å². The molecule has 2 aromatic carbocycles. The number of pyridine rings is 1. The van der Waals surface area contributed by atoms with Crippen LogP contribution in [-0.4, -0.2) is 100 Å². The third-order valence-electron chi connectivity index (χ3n) is 9.90. The first-order valence-corrected chi connectivity index (χ1v) is 19.9. The minimum absolute atomic E-state index is 0.0664. The molecule has 2 aromatic heterocycles. The normalized spacial score (nSPS) is 15.7. The number of carboxylic acid groups (broad SMARTS) is 1. The maximum Gasteiger partial charge on any atom is 0.424 e. The Hall–Kier alpha value is -5.64. The molecule has 318 valence electrons. The van der Waals surface area contributed by atoms with Gasteiger partial charge in [-0.1, -0.05) is 59.2 Å². The summed E-state index contributed by atoms with van der Waals surface area (Å²) in [5.41, 5.74) is 0.679. The van der Waals surface area contributed by atoms with Crippen molar-refractivity contribution in [2.45, 2.75) is 86.9 Å². The van der Waals surface area contributed by atoms with Gasteiger partial charge in [0.2, 0.25) is 0 Å². The molecule has 4 aromatic rings.